The molecule has 3 saturated carbocycles. The Hall–Kier alpha value is -3.90. The van der Waals surface area contributed by atoms with Gasteiger partial charge in [-0.05, 0) is 119 Å². The highest BCUT2D eigenvalue weighted by atomic mass is 28.4. The molecule has 1 heterocycles. The van der Waals surface area contributed by atoms with E-state index in [1.807, 2.05) is 13.8 Å². The Labute approximate surface area is 411 Å². The topological polar surface area (TPSA) is 69.5 Å². The fourth-order valence-corrected chi connectivity index (χ4v) is 22.8. The average molecular weight is 952 g/mol. The van der Waals surface area contributed by atoms with Crippen molar-refractivity contribution >= 4 is 43.1 Å². The molecule has 4 aromatic carbocycles. The van der Waals surface area contributed by atoms with Crippen molar-refractivity contribution < 1.29 is 23.5 Å². The number of benzene rings is 4. The SMILES string of the molecule is CC1=NOC2(C1)/C(=C/C=C1\CCC[C@]3(C)[C@@H]([C@H](C)COCC(C)(C)O)CC[C@@H]13)C[C@@H](O[Si](c1ccccc1)(c1ccccc1)C(C)(C)C)C[C@@H]2O[Si](c1ccccc1)(c1ccccc1)C(C)(C)C. The molecule has 0 bridgehead atoms. The number of hydrogen-bond donors (Lipinski definition) is 1. The molecule has 1 aliphatic heterocycles. The number of fused-ring (bicyclic) bond motifs is 1. The van der Waals surface area contributed by atoms with E-state index < -0.39 is 27.8 Å². The first-order valence-corrected chi connectivity index (χ1v) is 29.5. The summed E-state index contributed by atoms with van der Waals surface area (Å²) >= 11 is 0. The molecule has 1 spiro atoms. The molecule has 364 valence electrons. The second-order valence-corrected chi connectivity index (χ2v) is 32.4. The normalized spacial score (nSPS) is 27.6. The van der Waals surface area contributed by atoms with Crippen molar-refractivity contribution in [3.8, 4) is 0 Å². The van der Waals surface area contributed by atoms with Crippen molar-refractivity contribution in [1.82, 2.24) is 0 Å². The van der Waals surface area contributed by atoms with Crippen LogP contribution in [0.3, 0.4) is 0 Å². The van der Waals surface area contributed by atoms with Crippen LogP contribution in [0.1, 0.15) is 128 Å². The number of ether oxygens (including phenoxy) is 1. The van der Waals surface area contributed by atoms with Crippen LogP contribution in [0, 0.1) is 23.2 Å². The van der Waals surface area contributed by atoms with E-state index in [1.54, 1.807) is 5.57 Å². The lowest BCUT2D eigenvalue weighted by Gasteiger charge is -2.53. The molecule has 7 atom stereocenters. The third-order valence-corrected chi connectivity index (χ3v) is 26.6. The van der Waals surface area contributed by atoms with Gasteiger partial charge in [0.1, 0.15) is 0 Å². The lowest BCUT2D eigenvalue weighted by molar-refractivity contribution is -0.104. The van der Waals surface area contributed by atoms with Crippen LogP contribution in [0.4, 0.5) is 0 Å². The molecule has 68 heavy (non-hydrogen) atoms. The van der Waals surface area contributed by atoms with Crippen molar-refractivity contribution in [2.24, 2.45) is 28.3 Å². The number of aliphatic hydroxyl groups is 1. The molecule has 8 rings (SSSR count). The van der Waals surface area contributed by atoms with E-state index >= 15 is 0 Å². The third-order valence-electron chi connectivity index (χ3n) is 16.4. The van der Waals surface area contributed by atoms with Gasteiger partial charge >= 0.3 is 0 Å². The number of oxime groups is 1. The zero-order valence-corrected chi connectivity index (χ0v) is 45.2. The lowest BCUT2D eigenvalue weighted by Crippen LogP contribution is -2.71. The number of allylic oxidation sites excluding steroid dienone is 3. The summed E-state index contributed by atoms with van der Waals surface area (Å²) in [4.78, 5) is 7.03. The first-order valence-electron chi connectivity index (χ1n) is 25.7. The maximum Gasteiger partial charge on any atom is 0.261 e. The molecule has 6 nitrogen and oxygen atoms in total. The van der Waals surface area contributed by atoms with Gasteiger partial charge in [0.05, 0.1) is 30.1 Å². The molecule has 0 amide bonds. The highest BCUT2D eigenvalue weighted by Crippen LogP contribution is 2.60. The summed E-state index contributed by atoms with van der Waals surface area (Å²) in [5.41, 5.74) is 2.34. The summed E-state index contributed by atoms with van der Waals surface area (Å²) in [6.07, 6.45) is 12.4. The zero-order valence-electron chi connectivity index (χ0n) is 43.2. The minimum atomic E-state index is -3.10. The maximum absolute atomic E-state index is 10.4. The summed E-state index contributed by atoms with van der Waals surface area (Å²) < 4.78 is 22.7. The Morgan fingerprint density at radius 1 is 0.735 bits per heavy atom. The van der Waals surface area contributed by atoms with E-state index in [4.69, 9.17) is 23.6 Å². The molecule has 0 aromatic heterocycles. The minimum Gasteiger partial charge on any atom is -0.404 e. The minimum absolute atomic E-state index is 0.165. The van der Waals surface area contributed by atoms with Gasteiger partial charge in [-0.25, -0.2) is 0 Å². The Morgan fingerprint density at radius 3 is 1.69 bits per heavy atom. The van der Waals surface area contributed by atoms with Crippen molar-refractivity contribution in [2.45, 2.75) is 161 Å². The van der Waals surface area contributed by atoms with Gasteiger partial charge in [-0.3, -0.25) is 0 Å². The molecule has 0 saturated heterocycles. The summed E-state index contributed by atoms with van der Waals surface area (Å²) in [5, 5.41) is 19.9. The monoisotopic (exact) mass is 952 g/mol. The number of nitrogens with zero attached hydrogens (tertiary/aromatic N) is 1. The van der Waals surface area contributed by atoms with Gasteiger partial charge in [-0.2, -0.15) is 0 Å². The van der Waals surface area contributed by atoms with Gasteiger partial charge in [0, 0.05) is 19.4 Å². The average Bonchev–Trinajstić information content (AvgIpc) is 3.87. The number of rotatable bonds is 14. The first kappa shape index (κ1) is 50.5. The molecule has 4 aliphatic rings. The zero-order chi connectivity index (χ0) is 48.6. The van der Waals surface area contributed by atoms with Gasteiger partial charge in [-0.1, -0.05) is 200 Å². The van der Waals surface area contributed by atoms with E-state index in [0.717, 1.165) is 18.6 Å². The van der Waals surface area contributed by atoms with Crippen molar-refractivity contribution in [3.05, 3.63) is 145 Å². The third kappa shape index (κ3) is 9.64. The lowest BCUT2D eigenvalue weighted by atomic mass is 9.61. The fourth-order valence-electron chi connectivity index (χ4n) is 13.4. The van der Waals surface area contributed by atoms with Crippen LogP contribution in [0.25, 0.3) is 0 Å². The summed E-state index contributed by atoms with van der Waals surface area (Å²) in [6.45, 7) is 26.0. The fraction of sp³-hybridized carbons (Fsp3) is 0.517. The van der Waals surface area contributed by atoms with Crippen LogP contribution in [0.15, 0.2) is 150 Å². The largest absolute Gasteiger partial charge is 0.404 e. The highest BCUT2D eigenvalue weighted by molar-refractivity contribution is 7.00. The van der Waals surface area contributed by atoms with E-state index in [1.165, 1.54) is 52.0 Å². The van der Waals surface area contributed by atoms with Crippen LogP contribution < -0.4 is 20.7 Å². The molecular formula is C60H81NO5Si2. The van der Waals surface area contributed by atoms with Crippen LogP contribution in [0.5, 0.6) is 0 Å². The Bertz CT molecular complexity index is 2320. The molecule has 4 aromatic rings. The quantitative estimate of drug-likeness (QED) is 0.128. The Morgan fingerprint density at radius 2 is 1.24 bits per heavy atom. The van der Waals surface area contributed by atoms with E-state index in [0.29, 0.717) is 43.8 Å². The molecule has 3 fully saturated rings. The highest BCUT2D eigenvalue weighted by Gasteiger charge is 2.61. The van der Waals surface area contributed by atoms with Crippen LogP contribution >= 0.6 is 0 Å². The van der Waals surface area contributed by atoms with E-state index in [9.17, 15) is 5.11 Å². The van der Waals surface area contributed by atoms with Crippen LogP contribution in [-0.4, -0.2) is 64.1 Å². The molecule has 0 radical (unpaired) electrons. The smallest absolute Gasteiger partial charge is 0.261 e. The summed E-state index contributed by atoms with van der Waals surface area (Å²) in [5.74, 6) is 1.48. The predicted octanol–water partition coefficient (Wildman–Crippen LogP) is 11.7. The Balaban J connectivity index is 1.27. The first-order chi connectivity index (χ1) is 32.2. The second kappa shape index (κ2) is 19.7. The molecule has 8 heteroatoms. The van der Waals surface area contributed by atoms with Gasteiger partial charge in [0.2, 0.25) is 0 Å². The summed E-state index contributed by atoms with van der Waals surface area (Å²) in [6, 6.07) is 44.3. The van der Waals surface area contributed by atoms with Gasteiger partial charge in [0.15, 0.2) is 5.60 Å². The van der Waals surface area contributed by atoms with Crippen LogP contribution in [-0.2, 0) is 18.4 Å². The predicted molar refractivity (Wildman–Crippen MR) is 286 cm³/mol. The van der Waals surface area contributed by atoms with Crippen molar-refractivity contribution in [1.29, 1.82) is 0 Å². The second-order valence-electron chi connectivity index (χ2n) is 23.9. The van der Waals surface area contributed by atoms with Gasteiger partial charge in [0.25, 0.3) is 16.6 Å². The summed E-state index contributed by atoms with van der Waals surface area (Å²) in [7, 11) is -6.08. The molecule has 1 N–H and O–H groups in total. The van der Waals surface area contributed by atoms with Gasteiger partial charge < -0.3 is 23.5 Å². The molecular weight excluding hydrogens is 871 g/mol. The molecule has 3 aliphatic carbocycles. The maximum atomic E-state index is 10.4. The Kier molecular flexibility index (Phi) is 14.6. The van der Waals surface area contributed by atoms with E-state index in [-0.39, 0.29) is 27.7 Å². The van der Waals surface area contributed by atoms with Gasteiger partial charge in [-0.15, -0.1) is 0 Å². The van der Waals surface area contributed by atoms with Crippen molar-refractivity contribution in [2.75, 3.05) is 13.2 Å². The molecule has 1 unspecified atom stereocenters. The van der Waals surface area contributed by atoms with Crippen molar-refractivity contribution in [3.63, 3.8) is 0 Å². The van der Waals surface area contributed by atoms with E-state index in [2.05, 4.69) is 196 Å². The number of hydrogen-bond acceptors (Lipinski definition) is 6. The van der Waals surface area contributed by atoms with Crippen LogP contribution in [0.2, 0.25) is 10.1 Å². The standard InChI is InChI=1S/C60H81NO5Si2/c1-44(42-63-43-58(9,10)62)53-36-37-54-46(25-24-38-59(53,54)11)34-35-47-39-48(64-67(56(3,4)5,49-26-16-12-17-27-49)50-28-18-13-19-29-50)40-55(60(47)41-45(2)61-66-60)65-68(57(6,7)8,51-30-20-14-21-31-51)52-32-22-15-23-33-52/h12-23,26-35,44,48,53-55,62H,24-25,36-43H2,1-11H3/b46-34+,47-35+/t44-,48-,53-,54+,55+,59-,60?/m1/s1.